The van der Waals surface area contributed by atoms with Gasteiger partial charge in [0.15, 0.2) is 17.2 Å². The molecule has 3 rings (SSSR count). The maximum Gasteiger partial charge on any atom is 0.269 e. The van der Waals surface area contributed by atoms with E-state index in [1.54, 1.807) is 25.1 Å². The summed E-state index contributed by atoms with van der Waals surface area (Å²) in [6.45, 7) is 5.95. The number of hydrogen-bond donors (Lipinski definition) is 1. The number of benzene rings is 2. The van der Waals surface area contributed by atoms with Gasteiger partial charge in [0.25, 0.3) is 5.43 Å². The SMILES string of the molecule is CCOc1cc(C)c(Oc2c(-c3ccc(C)cc3)c(=O)c2=O)cc1O. The van der Waals surface area contributed by atoms with E-state index >= 15 is 0 Å². The number of hydrogen-bond acceptors (Lipinski definition) is 5. The first-order valence-electron chi connectivity index (χ1n) is 7.97. The van der Waals surface area contributed by atoms with Crippen LogP contribution in [0.1, 0.15) is 18.1 Å². The number of phenols is 1. The molecule has 25 heavy (non-hydrogen) atoms. The van der Waals surface area contributed by atoms with E-state index < -0.39 is 10.9 Å². The third-order valence-electron chi connectivity index (χ3n) is 3.98. The first-order valence-corrected chi connectivity index (χ1v) is 7.97. The number of aromatic hydroxyl groups is 1. The molecule has 0 bridgehead atoms. The lowest BCUT2D eigenvalue weighted by Crippen LogP contribution is -2.33. The quantitative estimate of drug-likeness (QED) is 0.721. The number of phenolic OH excluding ortho intramolecular Hbond substituents is 1. The predicted molar refractivity (Wildman–Crippen MR) is 95.6 cm³/mol. The van der Waals surface area contributed by atoms with E-state index in [-0.39, 0.29) is 17.1 Å². The Kier molecular flexibility index (Phi) is 4.31. The monoisotopic (exact) mass is 338 g/mol. The Morgan fingerprint density at radius 2 is 1.64 bits per heavy atom. The van der Waals surface area contributed by atoms with Crippen molar-refractivity contribution in [2.24, 2.45) is 0 Å². The van der Waals surface area contributed by atoms with Crippen molar-refractivity contribution in [1.29, 1.82) is 0 Å². The summed E-state index contributed by atoms with van der Waals surface area (Å²) in [5.74, 6) is 0.566. The first kappa shape index (κ1) is 16.8. The molecule has 0 radical (unpaired) electrons. The molecule has 3 aromatic rings. The minimum atomic E-state index is -0.664. The van der Waals surface area contributed by atoms with Crippen molar-refractivity contribution in [2.75, 3.05) is 6.61 Å². The Bertz CT molecular complexity index is 992. The van der Waals surface area contributed by atoms with Crippen molar-refractivity contribution in [3.8, 4) is 34.1 Å². The molecule has 0 amide bonds. The fourth-order valence-corrected chi connectivity index (χ4v) is 2.59. The lowest BCUT2D eigenvalue weighted by Gasteiger charge is -2.15. The highest BCUT2D eigenvalue weighted by atomic mass is 16.5. The van der Waals surface area contributed by atoms with Gasteiger partial charge in [-0.15, -0.1) is 0 Å². The highest BCUT2D eigenvalue weighted by Crippen LogP contribution is 2.37. The van der Waals surface area contributed by atoms with Crippen molar-refractivity contribution in [3.05, 3.63) is 68.0 Å². The molecular formula is C20H18O5. The number of aryl methyl sites for hydroxylation is 2. The second-order valence-electron chi connectivity index (χ2n) is 5.85. The fraction of sp³-hybridized carbons (Fsp3) is 0.200. The van der Waals surface area contributed by atoms with Crippen molar-refractivity contribution in [1.82, 2.24) is 0 Å². The van der Waals surface area contributed by atoms with Crippen LogP contribution in [-0.4, -0.2) is 11.7 Å². The molecule has 0 aliphatic carbocycles. The average molecular weight is 338 g/mol. The lowest BCUT2D eigenvalue weighted by molar-refractivity contribution is 0.316. The zero-order valence-corrected chi connectivity index (χ0v) is 14.3. The standard InChI is InChI=1S/C20H18O5/c1-4-24-16-9-12(3)15(10-14(16)21)25-20-17(18(22)19(20)23)13-7-5-11(2)6-8-13/h5-10,21H,4H2,1-3H3. The van der Waals surface area contributed by atoms with Crippen molar-refractivity contribution in [2.45, 2.75) is 20.8 Å². The lowest BCUT2D eigenvalue weighted by atomic mass is 9.99. The second-order valence-corrected chi connectivity index (χ2v) is 5.85. The van der Waals surface area contributed by atoms with Gasteiger partial charge in [0.05, 0.1) is 12.2 Å². The molecular weight excluding hydrogens is 320 g/mol. The van der Waals surface area contributed by atoms with Crippen LogP contribution in [0.2, 0.25) is 0 Å². The van der Waals surface area contributed by atoms with Crippen LogP contribution in [0.25, 0.3) is 11.1 Å². The largest absolute Gasteiger partial charge is 0.504 e. The Morgan fingerprint density at radius 3 is 2.28 bits per heavy atom. The van der Waals surface area contributed by atoms with E-state index in [2.05, 4.69) is 0 Å². The average Bonchev–Trinajstić information content (AvgIpc) is 2.60. The summed E-state index contributed by atoms with van der Waals surface area (Å²) < 4.78 is 11.0. The molecule has 128 valence electrons. The summed E-state index contributed by atoms with van der Waals surface area (Å²) in [7, 11) is 0. The van der Waals surface area contributed by atoms with Crippen molar-refractivity contribution < 1.29 is 14.6 Å². The van der Waals surface area contributed by atoms with Gasteiger partial charge in [-0.3, -0.25) is 9.59 Å². The molecule has 0 saturated carbocycles. The number of rotatable bonds is 5. The summed E-state index contributed by atoms with van der Waals surface area (Å²) in [6.07, 6.45) is 0. The van der Waals surface area contributed by atoms with E-state index in [0.717, 1.165) is 5.56 Å². The van der Waals surface area contributed by atoms with Gasteiger partial charge >= 0.3 is 0 Å². The molecule has 0 saturated heterocycles. The third-order valence-corrected chi connectivity index (χ3v) is 3.98. The summed E-state index contributed by atoms with van der Waals surface area (Å²) in [5, 5.41) is 10.0. The topological polar surface area (TPSA) is 72.8 Å². The fourth-order valence-electron chi connectivity index (χ4n) is 2.59. The van der Waals surface area contributed by atoms with Gasteiger partial charge < -0.3 is 14.6 Å². The van der Waals surface area contributed by atoms with Gasteiger partial charge in [0.1, 0.15) is 5.75 Å². The molecule has 0 spiro atoms. The summed E-state index contributed by atoms with van der Waals surface area (Å²) in [5.41, 5.74) is 1.41. The summed E-state index contributed by atoms with van der Waals surface area (Å²) in [4.78, 5) is 23.9. The van der Waals surface area contributed by atoms with Gasteiger partial charge in [-0.2, -0.15) is 0 Å². The molecule has 0 heterocycles. The van der Waals surface area contributed by atoms with Crippen LogP contribution in [0.15, 0.2) is 46.0 Å². The third kappa shape index (κ3) is 3.01. The molecule has 1 N–H and O–H groups in total. The van der Waals surface area contributed by atoms with Gasteiger partial charge in [-0.05, 0) is 38.0 Å². The normalized spacial score (nSPS) is 10.8. The number of ether oxygens (including phenoxy) is 2. The molecule has 0 unspecified atom stereocenters. The van der Waals surface area contributed by atoms with Crippen LogP contribution < -0.4 is 20.3 Å². The van der Waals surface area contributed by atoms with Crippen LogP contribution in [-0.2, 0) is 0 Å². The molecule has 0 fully saturated rings. The Balaban J connectivity index is 1.99. The molecule has 5 nitrogen and oxygen atoms in total. The van der Waals surface area contributed by atoms with Crippen LogP contribution in [0.5, 0.6) is 23.0 Å². The van der Waals surface area contributed by atoms with E-state index in [1.165, 1.54) is 6.07 Å². The zero-order valence-electron chi connectivity index (χ0n) is 14.3. The Labute approximate surface area is 144 Å². The van der Waals surface area contributed by atoms with Gasteiger partial charge in [0.2, 0.25) is 5.43 Å². The van der Waals surface area contributed by atoms with Gasteiger partial charge in [-0.1, -0.05) is 29.8 Å². The van der Waals surface area contributed by atoms with Crippen LogP contribution in [0, 0.1) is 13.8 Å². The van der Waals surface area contributed by atoms with Gasteiger partial charge in [0, 0.05) is 6.07 Å². The minimum absolute atomic E-state index is 0.000475. The van der Waals surface area contributed by atoms with Crippen molar-refractivity contribution in [3.63, 3.8) is 0 Å². The Morgan fingerprint density at radius 1 is 0.960 bits per heavy atom. The smallest absolute Gasteiger partial charge is 0.269 e. The van der Waals surface area contributed by atoms with E-state index in [9.17, 15) is 14.7 Å². The van der Waals surface area contributed by atoms with E-state index in [4.69, 9.17) is 9.47 Å². The molecule has 3 aromatic carbocycles. The molecule has 0 atom stereocenters. The van der Waals surface area contributed by atoms with E-state index in [0.29, 0.717) is 29.2 Å². The van der Waals surface area contributed by atoms with Crippen molar-refractivity contribution >= 4 is 0 Å². The van der Waals surface area contributed by atoms with Gasteiger partial charge in [-0.25, -0.2) is 0 Å². The molecule has 0 aliphatic heterocycles. The second kappa shape index (κ2) is 6.43. The maximum atomic E-state index is 12.0. The molecule has 5 heteroatoms. The highest BCUT2D eigenvalue weighted by molar-refractivity contribution is 5.74. The maximum absolute atomic E-state index is 12.0. The Hall–Kier alpha value is -3.08. The highest BCUT2D eigenvalue weighted by Gasteiger charge is 2.25. The summed E-state index contributed by atoms with van der Waals surface area (Å²) >= 11 is 0. The molecule has 0 aromatic heterocycles. The molecule has 0 aliphatic rings. The zero-order chi connectivity index (χ0) is 18.1. The minimum Gasteiger partial charge on any atom is -0.504 e. The van der Waals surface area contributed by atoms with Crippen LogP contribution in [0.4, 0.5) is 0 Å². The van der Waals surface area contributed by atoms with E-state index in [1.807, 2.05) is 26.0 Å². The van der Waals surface area contributed by atoms with Crippen LogP contribution >= 0.6 is 0 Å². The van der Waals surface area contributed by atoms with Crippen LogP contribution in [0.3, 0.4) is 0 Å². The predicted octanol–water partition coefficient (Wildman–Crippen LogP) is 3.46. The first-order chi connectivity index (χ1) is 11.9. The summed E-state index contributed by atoms with van der Waals surface area (Å²) in [6, 6.07) is 10.3.